The van der Waals surface area contributed by atoms with Crippen LogP contribution in [0.3, 0.4) is 0 Å². The second-order valence-corrected chi connectivity index (χ2v) is 3.88. The summed E-state index contributed by atoms with van der Waals surface area (Å²) in [4.78, 5) is 11.1. The van der Waals surface area contributed by atoms with Gasteiger partial charge in [0.1, 0.15) is 5.78 Å². The fraction of sp³-hybridized carbons (Fsp3) is 0.889. The summed E-state index contributed by atoms with van der Waals surface area (Å²) in [6, 6.07) is 0. The number of methoxy groups -OCH3 is 1. The Kier molecular flexibility index (Phi) is 1.53. The van der Waals surface area contributed by atoms with E-state index >= 15 is 0 Å². The van der Waals surface area contributed by atoms with Gasteiger partial charge >= 0.3 is 0 Å². The van der Waals surface area contributed by atoms with E-state index in [-0.39, 0.29) is 5.41 Å². The van der Waals surface area contributed by atoms with Crippen molar-refractivity contribution in [3.05, 3.63) is 0 Å². The molecule has 2 heteroatoms. The molecule has 2 aliphatic carbocycles. The van der Waals surface area contributed by atoms with Crippen LogP contribution in [0.15, 0.2) is 0 Å². The number of rotatable bonds is 2. The molecule has 0 saturated heterocycles. The van der Waals surface area contributed by atoms with Crippen molar-refractivity contribution >= 4 is 5.78 Å². The van der Waals surface area contributed by atoms with Gasteiger partial charge in [-0.05, 0) is 12.8 Å². The summed E-state index contributed by atoms with van der Waals surface area (Å²) >= 11 is 0. The number of ketones is 1. The average Bonchev–Trinajstić information content (AvgIpc) is 2.27. The van der Waals surface area contributed by atoms with Crippen molar-refractivity contribution in [2.24, 2.45) is 11.3 Å². The van der Waals surface area contributed by atoms with Gasteiger partial charge in [-0.15, -0.1) is 0 Å². The highest BCUT2D eigenvalue weighted by molar-refractivity contribution is 5.89. The predicted molar refractivity (Wildman–Crippen MR) is 41.3 cm³/mol. The van der Waals surface area contributed by atoms with Gasteiger partial charge in [-0.25, -0.2) is 0 Å². The second-order valence-electron chi connectivity index (χ2n) is 3.88. The largest absolute Gasteiger partial charge is 0.384 e. The maximum absolute atomic E-state index is 11.1. The topological polar surface area (TPSA) is 26.3 Å². The molecule has 0 aromatic carbocycles. The zero-order chi connectivity index (χ0) is 7.90. The summed E-state index contributed by atoms with van der Waals surface area (Å²) in [5.41, 5.74) is 0.284. The van der Waals surface area contributed by atoms with Crippen molar-refractivity contribution in [3.8, 4) is 0 Å². The molecule has 2 nitrogen and oxygen atoms in total. The first-order valence-electron chi connectivity index (χ1n) is 4.30. The Hall–Kier alpha value is -0.370. The van der Waals surface area contributed by atoms with Crippen LogP contribution < -0.4 is 0 Å². The standard InChI is InChI=1S/C9H14O2/c1-11-6-9-4-2-3-7(9)8(10)5-9/h7H,2-6H2,1H3. The van der Waals surface area contributed by atoms with Gasteiger partial charge in [-0.3, -0.25) is 4.79 Å². The van der Waals surface area contributed by atoms with E-state index in [2.05, 4.69) is 0 Å². The SMILES string of the molecule is COCC12CCCC1C(=O)C2. The van der Waals surface area contributed by atoms with Crippen molar-refractivity contribution in [2.45, 2.75) is 25.7 Å². The zero-order valence-corrected chi connectivity index (χ0v) is 6.93. The van der Waals surface area contributed by atoms with Crippen LogP contribution in [-0.4, -0.2) is 19.5 Å². The van der Waals surface area contributed by atoms with Crippen LogP contribution in [0.2, 0.25) is 0 Å². The summed E-state index contributed by atoms with van der Waals surface area (Å²) in [5.74, 6) is 0.835. The first kappa shape index (κ1) is 7.29. The van der Waals surface area contributed by atoms with Crippen LogP contribution in [0, 0.1) is 11.3 Å². The number of hydrogen-bond donors (Lipinski definition) is 0. The van der Waals surface area contributed by atoms with E-state index in [1.165, 1.54) is 12.8 Å². The van der Waals surface area contributed by atoms with Crippen LogP contribution in [0.25, 0.3) is 0 Å². The van der Waals surface area contributed by atoms with Gasteiger partial charge in [0, 0.05) is 24.9 Å². The van der Waals surface area contributed by atoms with Crippen LogP contribution >= 0.6 is 0 Å². The number of carbonyl (C=O) groups excluding carboxylic acids is 1. The maximum Gasteiger partial charge on any atom is 0.137 e. The number of Topliss-reactive ketones (excluding diaryl/α,β-unsaturated/α-hetero) is 1. The molecule has 0 aromatic heterocycles. The molecule has 0 spiro atoms. The fourth-order valence-corrected chi connectivity index (χ4v) is 2.70. The lowest BCUT2D eigenvalue weighted by molar-refractivity contribution is -0.144. The van der Waals surface area contributed by atoms with Gasteiger partial charge in [0.2, 0.25) is 0 Å². The van der Waals surface area contributed by atoms with Crippen LogP contribution in [0.5, 0.6) is 0 Å². The zero-order valence-electron chi connectivity index (χ0n) is 6.93. The Morgan fingerprint density at radius 1 is 1.73 bits per heavy atom. The minimum Gasteiger partial charge on any atom is -0.384 e. The molecule has 0 radical (unpaired) electrons. The maximum atomic E-state index is 11.1. The summed E-state index contributed by atoms with van der Waals surface area (Å²) in [6.45, 7) is 0.795. The Morgan fingerprint density at radius 2 is 2.55 bits per heavy atom. The highest BCUT2D eigenvalue weighted by atomic mass is 16.5. The van der Waals surface area contributed by atoms with E-state index < -0.39 is 0 Å². The second kappa shape index (κ2) is 2.31. The molecule has 0 N–H and O–H groups in total. The smallest absolute Gasteiger partial charge is 0.137 e. The van der Waals surface area contributed by atoms with E-state index in [0.29, 0.717) is 11.7 Å². The molecule has 2 fully saturated rings. The third-order valence-electron chi connectivity index (χ3n) is 3.25. The van der Waals surface area contributed by atoms with E-state index in [9.17, 15) is 4.79 Å². The van der Waals surface area contributed by atoms with Crippen LogP contribution in [-0.2, 0) is 9.53 Å². The van der Waals surface area contributed by atoms with Gasteiger partial charge in [-0.1, -0.05) is 6.42 Å². The highest BCUT2D eigenvalue weighted by Crippen LogP contribution is 2.55. The number of ether oxygens (including phenoxy) is 1. The summed E-state index contributed by atoms with van der Waals surface area (Å²) < 4.78 is 5.15. The third-order valence-corrected chi connectivity index (χ3v) is 3.25. The third kappa shape index (κ3) is 0.853. The molecule has 62 valence electrons. The average molecular weight is 154 g/mol. The van der Waals surface area contributed by atoms with Gasteiger partial charge in [0.05, 0.1) is 6.61 Å². The molecule has 0 aliphatic heterocycles. The van der Waals surface area contributed by atoms with Crippen molar-refractivity contribution in [2.75, 3.05) is 13.7 Å². The van der Waals surface area contributed by atoms with Gasteiger partial charge in [-0.2, -0.15) is 0 Å². The highest BCUT2D eigenvalue weighted by Gasteiger charge is 2.55. The molecule has 2 saturated carbocycles. The van der Waals surface area contributed by atoms with Crippen molar-refractivity contribution in [1.29, 1.82) is 0 Å². The monoisotopic (exact) mass is 154 g/mol. The number of carbonyl (C=O) groups is 1. The van der Waals surface area contributed by atoms with Crippen molar-refractivity contribution < 1.29 is 9.53 Å². The summed E-state index contributed by atoms with van der Waals surface area (Å²) in [5, 5.41) is 0. The molecule has 0 amide bonds. The van der Waals surface area contributed by atoms with E-state index in [1.807, 2.05) is 0 Å². The molecule has 2 aliphatic rings. The Labute approximate surface area is 66.9 Å². The molecular weight excluding hydrogens is 140 g/mol. The Balaban J connectivity index is 2.08. The van der Waals surface area contributed by atoms with Gasteiger partial charge < -0.3 is 4.74 Å². The lowest BCUT2D eigenvalue weighted by Crippen LogP contribution is -2.47. The fourth-order valence-electron chi connectivity index (χ4n) is 2.70. The lowest BCUT2D eigenvalue weighted by Gasteiger charge is -2.42. The van der Waals surface area contributed by atoms with E-state index in [1.54, 1.807) is 7.11 Å². The van der Waals surface area contributed by atoms with Gasteiger partial charge in [0.15, 0.2) is 0 Å². The van der Waals surface area contributed by atoms with Crippen molar-refractivity contribution in [1.82, 2.24) is 0 Å². The first-order chi connectivity index (χ1) is 5.28. The summed E-state index contributed by atoms with van der Waals surface area (Å²) in [7, 11) is 1.73. The lowest BCUT2D eigenvalue weighted by atomic mass is 9.61. The molecule has 0 heterocycles. The Morgan fingerprint density at radius 3 is 3.18 bits per heavy atom. The van der Waals surface area contributed by atoms with E-state index in [0.717, 1.165) is 19.4 Å². The van der Waals surface area contributed by atoms with Crippen molar-refractivity contribution in [3.63, 3.8) is 0 Å². The minimum atomic E-state index is 0.284. The summed E-state index contributed by atoms with van der Waals surface area (Å²) in [6.07, 6.45) is 4.32. The number of fused-ring (bicyclic) bond motifs is 1. The van der Waals surface area contributed by atoms with E-state index in [4.69, 9.17) is 4.74 Å². The van der Waals surface area contributed by atoms with Crippen LogP contribution in [0.1, 0.15) is 25.7 Å². The quantitative estimate of drug-likeness (QED) is 0.600. The number of hydrogen-bond acceptors (Lipinski definition) is 2. The first-order valence-corrected chi connectivity index (χ1v) is 4.30. The normalized spacial score (nSPS) is 41.9. The molecular formula is C9H14O2. The van der Waals surface area contributed by atoms with Gasteiger partial charge in [0.25, 0.3) is 0 Å². The van der Waals surface area contributed by atoms with Crippen LogP contribution in [0.4, 0.5) is 0 Å². The Bertz CT molecular complexity index is 188. The molecule has 2 unspecified atom stereocenters. The molecule has 11 heavy (non-hydrogen) atoms. The molecule has 0 aromatic rings. The molecule has 2 atom stereocenters. The molecule has 0 bridgehead atoms. The minimum absolute atomic E-state index is 0.284. The molecule has 2 rings (SSSR count). The predicted octanol–water partition coefficient (Wildman–Crippen LogP) is 1.39.